The van der Waals surface area contributed by atoms with Gasteiger partial charge in [-0.3, -0.25) is 0 Å². The van der Waals surface area contributed by atoms with Crippen LogP contribution >= 0.6 is 11.3 Å². The van der Waals surface area contributed by atoms with Gasteiger partial charge in [0, 0.05) is 26.1 Å². The minimum atomic E-state index is -5.08. The van der Waals surface area contributed by atoms with Crippen LogP contribution in [0.3, 0.4) is 0 Å². The predicted molar refractivity (Wildman–Crippen MR) is 104 cm³/mol. The van der Waals surface area contributed by atoms with E-state index in [1.807, 2.05) is 14.0 Å². The third-order valence-electron chi connectivity index (χ3n) is 4.58. The number of hydrogen-bond donors (Lipinski definition) is 1. The molecule has 1 aliphatic rings. The van der Waals surface area contributed by atoms with Crippen LogP contribution in [0.1, 0.15) is 22.6 Å². The zero-order valence-corrected chi connectivity index (χ0v) is 17.3. The molecule has 1 fully saturated rings. The highest BCUT2D eigenvalue weighted by Crippen LogP contribution is 2.29. The van der Waals surface area contributed by atoms with Gasteiger partial charge in [0.15, 0.2) is 0 Å². The summed E-state index contributed by atoms with van der Waals surface area (Å²) in [7, 11) is 1.83. The number of anilines is 1. The minimum Gasteiger partial charge on any atom is -0.475 e. The van der Waals surface area contributed by atoms with E-state index in [-0.39, 0.29) is 0 Å². The fraction of sp³-hybridized carbons (Fsp3) is 0.526. The number of halogens is 3. The van der Waals surface area contributed by atoms with Gasteiger partial charge in [0.2, 0.25) is 5.13 Å². The fourth-order valence-corrected chi connectivity index (χ4v) is 3.97. The highest BCUT2D eigenvalue weighted by Gasteiger charge is 2.38. The summed E-state index contributed by atoms with van der Waals surface area (Å²) in [5, 5.41) is 17.6. The molecule has 0 aliphatic carbocycles. The summed E-state index contributed by atoms with van der Waals surface area (Å²) >= 11 is 1.68. The molecule has 2 aromatic rings. The third kappa shape index (κ3) is 6.97. The molecule has 6 nitrogen and oxygen atoms in total. The van der Waals surface area contributed by atoms with Crippen molar-refractivity contribution >= 4 is 22.4 Å². The first kappa shape index (κ1) is 23.1. The van der Waals surface area contributed by atoms with Crippen LogP contribution in [0.15, 0.2) is 24.3 Å². The van der Waals surface area contributed by atoms with Crippen molar-refractivity contribution in [2.75, 3.05) is 25.1 Å². The first-order chi connectivity index (χ1) is 13.6. The smallest absolute Gasteiger partial charge is 0.475 e. The highest BCUT2D eigenvalue weighted by atomic mass is 32.1. The van der Waals surface area contributed by atoms with Gasteiger partial charge >= 0.3 is 12.1 Å². The number of hydrogen-bond acceptors (Lipinski definition) is 6. The van der Waals surface area contributed by atoms with Gasteiger partial charge in [0.1, 0.15) is 5.01 Å². The van der Waals surface area contributed by atoms with Crippen LogP contribution in [0.4, 0.5) is 18.3 Å². The second-order valence-electron chi connectivity index (χ2n) is 6.87. The SMILES string of the molecule is CO[C@H]1CCN(c2nnc(C)s2)C[C@@H]1Cc1cccc(C)c1.O=C(O)C(F)(F)F. The lowest BCUT2D eigenvalue weighted by Crippen LogP contribution is -2.45. The Hall–Kier alpha value is -2.20. The lowest BCUT2D eigenvalue weighted by atomic mass is 9.88. The third-order valence-corrected chi connectivity index (χ3v) is 5.48. The number of alkyl halides is 3. The number of methoxy groups -OCH3 is 1. The molecular formula is C19H24F3N3O3S. The first-order valence-electron chi connectivity index (χ1n) is 9.03. The van der Waals surface area contributed by atoms with E-state index in [2.05, 4.69) is 46.3 Å². The largest absolute Gasteiger partial charge is 0.490 e. The molecule has 0 saturated carbocycles. The van der Waals surface area contributed by atoms with Crippen molar-refractivity contribution in [1.82, 2.24) is 10.2 Å². The summed E-state index contributed by atoms with van der Waals surface area (Å²) in [5.74, 6) is -2.27. The highest BCUT2D eigenvalue weighted by molar-refractivity contribution is 7.15. The molecule has 1 aromatic heterocycles. The van der Waals surface area contributed by atoms with Gasteiger partial charge in [0.05, 0.1) is 6.10 Å². The molecule has 0 spiro atoms. The summed E-state index contributed by atoms with van der Waals surface area (Å²) in [5.41, 5.74) is 2.71. The van der Waals surface area contributed by atoms with Gasteiger partial charge in [-0.2, -0.15) is 13.2 Å². The van der Waals surface area contributed by atoms with Crippen molar-refractivity contribution < 1.29 is 27.8 Å². The molecule has 0 unspecified atom stereocenters. The van der Waals surface area contributed by atoms with E-state index in [1.54, 1.807) is 11.3 Å². The molecule has 0 radical (unpaired) electrons. The Balaban J connectivity index is 0.000000370. The van der Waals surface area contributed by atoms with Crippen molar-refractivity contribution in [3.63, 3.8) is 0 Å². The number of benzene rings is 1. The number of aromatic nitrogens is 2. The fourth-order valence-electron chi connectivity index (χ4n) is 3.25. The second kappa shape index (κ2) is 10.0. The molecule has 1 N–H and O–H groups in total. The Kier molecular flexibility index (Phi) is 7.97. The number of rotatable bonds is 4. The number of carboxylic acids is 1. The van der Waals surface area contributed by atoms with Crippen LogP contribution in [-0.4, -0.2) is 53.8 Å². The topological polar surface area (TPSA) is 75.5 Å². The zero-order chi connectivity index (χ0) is 21.6. The van der Waals surface area contributed by atoms with E-state index in [0.29, 0.717) is 12.0 Å². The lowest BCUT2D eigenvalue weighted by Gasteiger charge is -2.37. The second-order valence-corrected chi connectivity index (χ2v) is 8.03. The van der Waals surface area contributed by atoms with Gasteiger partial charge in [0.25, 0.3) is 0 Å². The molecule has 1 aromatic carbocycles. The van der Waals surface area contributed by atoms with E-state index in [0.717, 1.165) is 36.1 Å². The molecule has 2 atom stereocenters. The number of aryl methyl sites for hydroxylation is 2. The van der Waals surface area contributed by atoms with Gasteiger partial charge < -0.3 is 14.7 Å². The summed E-state index contributed by atoms with van der Waals surface area (Å²) in [6, 6.07) is 8.78. The summed E-state index contributed by atoms with van der Waals surface area (Å²) < 4.78 is 37.5. The Bertz CT molecular complexity index is 813. The molecule has 0 bridgehead atoms. The zero-order valence-electron chi connectivity index (χ0n) is 16.4. The van der Waals surface area contributed by atoms with E-state index < -0.39 is 12.1 Å². The maximum atomic E-state index is 10.6. The molecule has 1 saturated heterocycles. The number of carbonyl (C=O) groups is 1. The van der Waals surface area contributed by atoms with E-state index in [4.69, 9.17) is 14.6 Å². The van der Waals surface area contributed by atoms with Crippen molar-refractivity contribution in [3.8, 4) is 0 Å². The molecule has 1 aliphatic heterocycles. The average molecular weight is 431 g/mol. The Morgan fingerprint density at radius 2 is 2.03 bits per heavy atom. The molecule has 2 heterocycles. The number of piperidine rings is 1. The summed E-state index contributed by atoms with van der Waals surface area (Å²) in [4.78, 5) is 11.3. The van der Waals surface area contributed by atoms with Gasteiger partial charge in [-0.1, -0.05) is 41.2 Å². The van der Waals surface area contributed by atoms with Crippen LogP contribution in [0.25, 0.3) is 0 Å². The summed E-state index contributed by atoms with van der Waals surface area (Å²) in [6.07, 6.45) is -2.66. The first-order valence-corrected chi connectivity index (χ1v) is 9.85. The van der Waals surface area contributed by atoms with E-state index in [9.17, 15) is 13.2 Å². The maximum Gasteiger partial charge on any atom is 0.490 e. The average Bonchev–Trinajstić information content (AvgIpc) is 3.08. The van der Waals surface area contributed by atoms with Gasteiger partial charge in [-0.05, 0) is 32.3 Å². The van der Waals surface area contributed by atoms with E-state index in [1.165, 1.54) is 11.1 Å². The Labute approximate surface area is 171 Å². The Morgan fingerprint density at radius 3 is 2.55 bits per heavy atom. The molecule has 3 rings (SSSR count). The van der Waals surface area contributed by atoms with Crippen molar-refractivity contribution in [2.45, 2.75) is 39.0 Å². The van der Waals surface area contributed by atoms with E-state index >= 15 is 0 Å². The van der Waals surface area contributed by atoms with Crippen molar-refractivity contribution in [3.05, 3.63) is 40.4 Å². The monoisotopic (exact) mass is 431 g/mol. The van der Waals surface area contributed by atoms with Crippen molar-refractivity contribution in [1.29, 1.82) is 0 Å². The molecule has 160 valence electrons. The quantitative estimate of drug-likeness (QED) is 0.792. The van der Waals surface area contributed by atoms with Crippen LogP contribution in [0.2, 0.25) is 0 Å². The normalized spacial score (nSPS) is 19.4. The lowest BCUT2D eigenvalue weighted by molar-refractivity contribution is -0.192. The van der Waals surface area contributed by atoms with Crippen molar-refractivity contribution in [2.24, 2.45) is 5.92 Å². The standard InChI is InChI=1S/C17H23N3OS.C2HF3O2/c1-12-5-4-6-14(9-12)10-15-11-20(8-7-16(15)21-3)17-19-18-13(2)22-17;3-2(4,5)1(6)7/h4-6,9,15-16H,7-8,10-11H2,1-3H3;(H,6,7)/t15-,16-;/m0./s1. The summed E-state index contributed by atoms with van der Waals surface area (Å²) in [6.45, 7) is 6.14. The number of nitrogens with zero attached hydrogens (tertiary/aromatic N) is 3. The van der Waals surface area contributed by atoms with Crippen LogP contribution in [-0.2, 0) is 16.0 Å². The van der Waals surface area contributed by atoms with Gasteiger partial charge in [-0.25, -0.2) is 4.79 Å². The molecule has 10 heteroatoms. The number of aliphatic carboxylic acids is 1. The van der Waals surface area contributed by atoms with Crippen LogP contribution in [0.5, 0.6) is 0 Å². The maximum absolute atomic E-state index is 10.6. The Morgan fingerprint density at radius 1 is 1.34 bits per heavy atom. The van der Waals surface area contributed by atoms with Gasteiger partial charge in [-0.15, -0.1) is 10.2 Å². The predicted octanol–water partition coefficient (Wildman–Crippen LogP) is 3.87. The molecule has 29 heavy (non-hydrogen) atoms. The molecular weight excluding hydrogens is 407 g/mol. The minimum absolute atomic E-state index is 0.325. The van der Waals surface area contributed by atoms with Crippen LogP contribution < -0.4 is 4.90 Å². The number of ether oxygens (including phenoxy) is 1. The van der Waals surface area contributed by atoms with Crippen LogP contribution in [0, 0.1) is 19.8 Å². The molecule has 0 amide bonds. The number of carboxylic acid groups (broad SMARTS) is 1.